The molecule has 0 atom stereocenters. The molecule has 5 heteroatoms. The fourth-order valence-electron chi connectivity index (χ4n) is 4.66. The highest BCUT2D eigenvalue weighted by molar-refractivity contribution is 6.09. The SMILES string of the molecule is Cc1cc(C)cc(-c2ccc(OCCN(C)C)c(C(=O)C=Cc3cccc(N4CCN(C)CC4)c3)c2)c1. The summed E-state index contributed by atoms with van der Waals surface area (Å²) in [4.78, 5) is 20.3. The molecule has 1 fully saturated rings. The summed E-state index contributed by atoms with van der Waals surface area (Å²) >= 11 is 0. The van der Waals surface area contributed by atoms with E-state index in [-0.39, 0.29) is 5.78 Å². The molecule has 1 aliphatic heterocycles. The maximum absolute atomic E-state index is 13.5. The summed E-state index contributed by atoms with van der Waals surface area (Å²) in [7, 11) is 6.19. The predicted molar refractivity (Wildman–Crippen MR) is 155 cm³/mol. The van der Waals surface area contributed by atoms with Crippen molar-refractivity contribution in [1.29, 1.82) is 0 Å². The predicted octanol–water partition coefficient (Wildman–Crippen LogP) is 5.56. The van der Waals surface area contributed by atoms with Gasteiger partial charge in [-0.1, -0.05) is 53.6 Å². The Morgan fingerprint density at radius 2 is 1.65 bits per heavy atom. The van der Waals surface area contributed by atoms with Gasteiger partial charge in [-0.2, -0.15) is 0 Å². The molecule has 0 aliphatic carbocycles. The van der Waals surface area contributed by atoms with Gasteiger partial charge >= 0.3 is 0 Å². The van der Waals surface area contributed by atoms with Gasteiger partial charge in [0, 0.05) is 38.4 Å². The average molecular weight is 498 g/mol. The lowest BCUT2D eigenvalue weighted by atomic mass is 9.97. The number of allylic oxidation sites excluding steroid dienone is 1. The van der Waals surface area contributed by atoms with E-state index >= 15 is 0 Å². The molecule has 37 heavy (non-hydrogen) atoms. The van der Waals surface area contributed by atoms with Crippen LogP contribution in [0.15, 0.2) is 66.7 Å². The molecule has 1 heterocycles. The summed E-state index contributed by atoms with van der Waals surface area (Å²) in [6.45, 7) is 9.65. The largest absolute Gasteiger partial charge is 0.491 e. The number of anilines is 1. The zero-order valence-corrected chi connectivity index (χ0v) is 22.8. The molecular weight excluding hydrogens is 458 g/mol. The second kappa shape index (κ2) is 12.2. The molecule has 0 spiro atoms. The highest BCUT2D eigenvalue weighted by Crippen LogP contribution is 2.29. The summed E-state index contributed by atoms with van der Waals surface area (Å²) in [6.07, 6.45) is 3.58. The third-order valence-corrected chi connectivity index (χ3v) is 6.76. The van der Waals surface area contributed by atoms with E-state index in [2.05, 4.69) is 72.0 Å². The molecule has 3 aromatic carbocycles. The van der Waals surface area contributed by atoms with Gasteiger partial charge in [0.05, 0.1) is 5.56 Å². The first-order valence-electron chi connectivity index (χ1n) is 13.0. The van der Waals surface area contributed by atoms with Crippen molar-refractivity contribution in [2.75, 3.05) is 65.4 Å². The quantitative estimate of drug-likeness (QED) is 0.286. The van der Waals surface area contributed by atoms with Crippen LogP contribution in [0.1, 0.15) is 27.0 Å². The van der Waals surface area contributed by atoms with E-state index < -0.39 is 0 Å². The molecule has 1 aliphatic rings. The lowest BCUT2D eigenvalue weighted by Gasteiger charge is -2.34. The Hall–Kier alpha value is -3.41. The number of nitrogens with zero attached hydrogens (tertiary/aromatic N) is 3. The van der Waals surface area contributed by atoms with Gasteiger partial charge in [-0.05, 0) is 82.0 Å². The zero-order chi connectivity index (χ0) is 26.4. The summed E-state index contributed by atoms with van der Waals surface area (Å²) in [6, 6.07) is 20.8. The molecule has 0 radical (unpaired) electrons. The molecule has 0 saturated carbocycles. The first-order valence-corrected chi connectivity index (χ1v) is 13.0. The topological polar surface area (TPSA) is 36.0 Å². The van der Waals surface area contributed by atoms with Crippen LogP contribution in [0, 0.1) is 13.8 Å². The molecule has 0 bridgehead atoms. The monoisotopic (exact) mass is 497 g/mol. The van der Waals surface area contributed by atoms with E-state index in [0.717, 1.165) is 49.4 Å². The van der Waals surface area contributed by atoms with Crippen molar-refractivity contribution in [3.05, 3.63) is 89.0 Å². The minimum Gasteiger partial charge on any atom is -0.491 e. The van der Waals surface area contributed by atoms with Crippen LogP contribution in [-0.4, -0.2) is 76.1 Å². The fourth-order valence-corrected chi connectivity index (χ4v) is 4.66. The van der Waals surface area contributed by atoms with Crippen LogP contribution in [0.5, 0.6) is 5.75 Å². The molecule has 0 aromatic heterocycles. The van der Waals surface area contributed by atoms with Gasteiger partial charge in [0.2, 0.25) is 0 Å². The third kappa shape index (κ3) is 7.31. The average Bonchev–Trinajstić information content (AvgIpc) is 2.87. The number of hydrogen-bond acceptors (Lipinski definition) is 5. The summed E-state index contributed by atoms with van der Waals surface area (Å²) in [5.41, 5.74) is 7.33. The van der Waals surface area contributed by atoms with Crippen LogP contribution in [-0.2, 0) is 0 Å². The van der Waals surface area contributed by atoms with Crippen LogP contribution in [0.3, 0.4) is 0 Å². The Balaban J connectivity index is 1.59. The number of likely N-dealkylation sites (N-methyl/N-ethyl adjacent to an activating group) is 2. The van der Waals surface area contributed by atoms with Crippen LogP contribution < -0.4 is 9.64 Å². The number of benzene rings is 3. The van der Waals surface area contributed by atoms with Crippen LogP contribution in [0.4, 0.5) is 5.69 Å². The Bertz CT molecular complexity index is 1240. The minimum absolute atomic E-state index is 0.0592. The van der Waals surface area contributed by atoms with E-state index in [1.54, 1.807) is 6.08 Å². The van der Waals surface area contributed by atoms with Gasteiger partial charge in [0.1, 0.15) is 12.4 Å². The Morgan fingerprint density at radius 1 is 0.919 bits per heavy atom. The van der Waals surface area contributed by atoms with Crippen LogP contribution in [0.25, 0.3) is 17.2 Å². The number of aryl methyl sites for hydroxylation is 2. The van der Waals surface area contributed by atoms with E-state index in [4.69, 9.17) is 4.74 Å². The normalized spacial score (nSPS) is 14.5. The number of carbonyl (C=O) groups excluding carboxylic acids is 1. The lowest BCUT2D eigenvalue weighted by molar-refractivity contribution is 0.104. The molecule has 0 unspecified atom stereocenters. The van der Waals surface area contributed by atoms with Crippen LogP contribution in [0.2, 0.25) is 0 Å². The number of piperazine rings is 1. The van der Waals surface area contributed by atoms with Crippen molar-refractivity contribution in [3.8, 4) is 16.9 Å². The van der Waals surface area contributed by atoms with Crippen molar-refractivity contribution in [3.63, 3.8) is 0 Å². The Morgan fingerprint density at radius 3 is 2.35 bits per heavy atom. The molecule has 1 saturated heterocycles. The molecule has 0 amide bonds. The molecular formula is C32H39N3O2. The van der Waals surface area contributed by atoms with Gasteiger partial charge in [0.25, 0.3) is 0 Å². The van der Waals surface area contributed by atoms with Gasteiger partial charge in [-0.15, -0.1) is 0 Å². The third-order valence-electron chi connectivity index (χ3n) is 6.76. The molecule has 3 aromatic rings. The summed E-state index contributed by atoms with van der Waals surface area (Å²) in [5.74, 6) is 0.562. The number of rotatable bonds is 9. The van der Waals surface area contributed by atoms with Crippen molar-refractivity contribution in [2.24, 2.45) is 0 Å². The maximum Gasteiger partial charge on any atom is 0.189 e. The molecule has 5 nitrogen and oxygen atoms in total. The van der Waals surface area contributed by atoms with Gasteiger partial charge in [-0.25, -0.2) is 0 Å². The first-order chi connectivity index (χ1) is 17.8. The Kier molecular flexibility index (Phi) is 8.80. The van der Waals surface area contributed by atoms with E-state index in [1.807, 2.05) is 44.4 Å². The standard InChI is InChI=1S/C32H39N3O2/c1-24-19-25(2)21-28(20-24)27-10-12-32(37-18-17-33(3)4)30(23-27)31(36)11-9-26-7-6-8-29(22-26)35-15-13-34(5)14-16-35/h6-12,19-23H,13-18H2,1-5H3. The van der Waals surface area contributed by atoms with Gasteiger partial charge in [-0.3, -0.25) is 4.79 Å². The van der Waals surface area contributed by atoms with E-state index in [9.17, 15) is 4.79 Å². The van der Waals surface area contributed by atoms with E-state index in [1.165, 1.54) is 16.8 Å². The highest BCUT2D eigenvalue weighted by Gasteiger charge is 2.15. The minimum atomic E-state index is -0.0592. The molecule has 4 rings (SSSR count). The van der Waals surface area contributed by atoms with E-state index in [0.29, 0.717) is 17.9 Å². The second-order valence-corrected chi connectivity index (χ2v) is 10.3. The van der Waals surface area contributed by atoms with Crippen molar-refractivity contribution in [1.82, 2.24) is 9.80 Å². The molecule has 194 valence electrons. The maximum atomic E-state index is 13.5. The van der Waals surface area contributed by atoms with Gasteiger partial charge in [0.15, 0.2) is 5.78 Å². The number of ether oxygens (including phenoxy) is 1. The van der Waals surface area contributed by atoms with Gasteiger partial charge < -0.3 is 19.4 Å². The summed E-state index contributed by atoms with van der Waals surface area (Å²) in [5, 5.41) is 0. The zero-order valence-electron chi connectivity index (χ0n) is 22.8. The number of carbonyl (C=O) groups is 1. The highest BCUT2D eigenvalue weighted by atomic mass is 16.5. The lowest BCUT2D eigenvalue weighted by Crippen LogP contribution is -2.44. The first kappa shape index (κ1) is 26.6. The van der Waals surface area contributed by atoms with Crippen LogP contribution >= 0.6 is 0 Å². The smallest absolute Gasteiger partial charge is 0.189 e. The Labute approximate surface area is 222 Å². The van der Waals surface area contributed by atoms with Crippen molar-refractivity contribution >= 4 is 17.5 Å². The van der Waals surface area contributed by atoms with Crippen molar-refractivity contribution in [2.45, 2.75) is 13.8 Å². The second-order valence-electron chi connectivity index (χ2n) is 10.3. The number of hydrogen-bond donors (Lipinski definition) is 0. The van der Waals surface area contributed by atoms with Crippen molar-refractivity contribution < 1.29 is 9.53 Å². The summed E-state index contributed by atoms with van der Waals surface area (Å²) < 4.78 is 6.06. The fraction of sp³-hybridized carbons (Fsp3) is 0.344. The number of ketones is 1. The molecule has 0 N–H and O–H groups in total.